The first-order chi connectivity index (χ1) is 6.29. The van der Waals surface area contributed by atoms with Crippen LogP contribution >= 0.6 is 0 Å². The SMILES string of the molecule is CC1=[N+](C)CC[NH+]1c1ccccc1. The van der Waals surface area contributed by atoms with Gasteiger partial charge in [-0.05, 0) is 12.1 Å². The van der Waals surface area contributed by atoms with Crippen LogP contribution in [0.25, 0.3) is 0 Å². The van der Waals surface area contributed by atoms with E-state index in [1.54, 1.807) is 0 Å². The summed E-state index contributed by atoms with van der Waals surface area (Å²) in [5.74, 6) is 1.42. The van der Waals surface area contributed by atoms with Crippen molar-refractivity contribution in [3.63, 3.8) is 0 Å². The molecule has 1 aromatic rings. The number of hydrogen-bond donors (Lipinski definition) is 1. The minimum atomic E-state index is 1.16. The second kappa shape index (κ2) is 3.30. The lowest BCUT2D eigenvalue weighted by atomic mass is 10.3. The molecular weight excluding hydrogens is 160 g/mol. The largest absolute Gasteiger partial charge is 0.338 e. The van der Waals surface area contributed by atoms with Gasteiger partial charge in [-0.15, -0.1) is 0 Å². The van der Waals surface area contributed by atoms with Gasteiger partial charge in [0.15, 0.2) is 13.1 Å². The van der Waals surface area contributed by atoms with Crippen LogP contribution in [0.5, 0.6) is 0 Å². The highest BCUT2D eigenvalue weighted by molar-refractivity contribution is 5.68. The van der Waals surface area contributed by atoms with Crippen LogP contribution in [0.3, 0.4) is 0 Å². The predicted octanol–water partition coefficient (Wildman–Crippen LogP) is 0.277. The maximum absolute atomic E-state index is 2.32. The monoisotopic (exact) mass is 176 g/mol. The lowest BCUT2D eigenvalue weighted by molar-refractivity contribution is -0.727. The molecular formula is C11H16N2+2. The van der Waals surface area contributed by atoms with Gasteiger partial charge in [-0.2, -0.15) is 4.58 Å². The summed E-state index contributed by atoms with van der Waals surface area (Å²) in [5.41, 5.74) is 1.38. The van der Waals surface area contributed by atoms with Crippen molar-refractivity contribution in [2.75, 3.05) is 20.1 Å². The number of amidine groups is 1. The molecule has 13 heavy (non-hydrogen) atoms. The lowest BCUT2D eigenvalue weighted by Crippen LogP contribution is -3.08. The van der Waals surface area contributed by atoms with Gasteiger partial charge in [0.05, 0.1) is 6.92 Å². The Balaban J connectivity index is 2.30. The van der Waals surface area contributed by atoms with E-state index >= 15 is 0 Å². The van der Waals surface area contributed by atoms with Crippen molar-refractivity contribution in [1.82, 2.24) is 0 Å². The van der Waals surface area contributed by atoms with Crippen LogP contribution in [0, 0.1) is 0 Å². The van der Waals surface area contributed by atoms with E-state index in [-0.39, 0.29) is 0 Å². The van der Waals surface area contributed by atoms with Crippen LogP contribution in [0.1, 0.15) is 6.92 Å². The maximum atomic E-state index is 2.32. The fourth-order valence-corrected chi connectivity index (χ4v) is 1.85. The molecule has 1 unspecified atom stereocenters. The third-order valence-corrected chi connectivity index (χ3v) is 2.83. The average molecular weight is 176 g/mol. The summed E-state index contributed by atoms with van der Waals surface area (Å²) in [7, 11) is 2.16. The van der Waals surface area contributed by atoms with Gasteiger partial charge in [-0.25, -0.2) is 4.90 Å². The quantitative estimate of drug-likeness (QED) is 0.588. The van der Waals surface area contributed by atoms with Gasteiger partial charge in [0.1, 0.15) is 12.7 Å². The van der Waals surface area contributed by atoms with Crippen molar-refractivity contribution >= 4 is 11.5 Å². The zero-order valence-corrected chi connectivity index (χ0v) is 8.25. The topological polar surface area (TPSA) is 7.45 Å². The van der Waals surface area contributed by atoms with E-state index in [9.17, 15) is 0 Å². The summed E-state index contributed by atoms with van der Waals surface area (Å²) in [4.78, 5) is 1.50. The first-order valence-electron chi connectivity index (χ1n) is 4.75. The Hall–Kier alpha value is -1.15. The highest BCUT2D eigenvalue weighted by Crippen LogP contribution is 1.99. The second-order valence-corrected chi connectivity index (χ2v) is 3.60. The fourth-order valence-electron chi connectivity index (χ4n) is 1.85. The Labute approximate surface area is 79.1 Å². The van der Waals surface area contributed by atoms with Crippen molar-refractivity contribution < 1.29 is 9.48 Å². The van der Waals surface area contributed by atoms with Crippen LogP contribution in [0.15, 0.2) is 30.3 Å². The molecule has 1 heterocycles. The van der Waals surface area contributed by atoms with Crippen LogP contribution in [-0.4, -0.2) is 30.5 Å². The van der Waals surface area contributed by atoms with Gasteiger partial charge < -0.3 is 0 Å². The van der Waals surface area contributed by atoms with Gasteiger partial charge in [-0.1, -0.05) is 18.2 Å². The molecule has 68 valence electrons. The molecule has 0 bridgehead atoms. The first-order valence-corrected chi connectivity index (χ1v) is 4.75. The molecule has 1 aliphatic rings. The fraction of sp³-hybridized carbons (Fsp3) is 0.364. The molecule has 0 spiro atoms. The number of nitrogens with zero attached hydrogens (tertiary/aromatic N) is 1. The Morgan fingerprint density at radius 3 is 2.46 bits per heavy atom. The van der Waals surface area contributed by atoms with Gasteiger partial charge in [0.2, 0.25) is 0 Å². The number of para-hydroxylation sites is 1. The molecule has 0 amide bonds. The van der Waals surface area contributed by atoms with Crippen molar-refractivity contribution in [3.05, 3.63) is 30.3 Å². The predicted molar refractivity (Wildman–Crippen MR) is 53.7 cm³/mol. The minimum Gasteiger partial charge on any atom is -0.214 e. The number of nitrogens with one attached hydrogen (secondary N) is 1. The second-order valence-electron chi connectivity index (χ2n) is 3.60. The van der Waals surface area contributed by atoms with E-state index in [2.05, 4.69) is 48.9 Å². The van der Waals surface area contributed by atoms with Crippen molar-refractivity contribution in [2.45, 2.75) is 6.92 Å². The third-order valence-electron chi connectivity index (χ3n) is 2.83. The first kappa shape index (κ1) is 8.45. The number of likely N-dealkylation sites (N-methyl/N-ethyl adjacent to an activating group) is 1. The van der Waals surface area contributed by atoms with Crippen LogP contribution in [0.2, 0.25) is 0 Å². The van der Waals surface area contributed by atoms with Gasteiger partial charge in [0.25, 0.3) is 0 Å². The van der Waals surface area contributed by atoms with Crippen LogP contribution in [0.4, 0.5) is 5.69 Å². The van der Waals surface area contributed by atoms with E-state index in [4.69, 9.17) is 0 Å². The molecule has 2 nitrogen and oxygen atoms in total. The molecule has 1 aliphatic heterocycles. The molecule has 0 saturated carbocycles. The van der Waals surface area contributed by atoms with E-state index in [0.29, 0.717) is 0 Å². The molecule has 1 N–H and O–H groups in total. The summed E-state index contributed by atoms with van der Waals surface area (Å²) in [6, 6.07) is 10.7. The molecule has 1 aromatic carbocycles. The minimum absolute atomic E-state index is 1.16. The highest BCUT2D eigenvalue weighted by Gasteiger charge is 2.30. The zero-order valence-electron chi connectivity index (χ0n) is 8.25. The number of quaternary nitrogens is 1. The molecule has 2 heteroatoms. The summed E-state index contributed by atoms with van der Waals surface area (Å²) < 4.78 is 2.32. The van der Waals surface area contributed by atoms with Gasteiger partial charge in [-0.3, -0.25) is 0 Å². The zero-order chi connectivity index (χ0) is 9.26. The summed E-state index contributed by atoms with van der Waals surface area (Å²) in [6.07, 6.45) is 0. The average Bonchev–Trinajstić information content (AvgIpc) is 2.49. The standard InChI is InChI=1S/C11H15N2/c1-10-12(2)8-9-13(10)11-6-4-3-5-7-11/h3-7H,8-9H2,1-2H3/q+1/p+1. The Morgan fingerprint density at radius 1 is 1.23 bits per heavy atom. The Kier molecular flexibility index (Phi) is 2.15. The normalized spacial score (nSPS) is 22.5. The number of hydrogen-bond acceptors (Lipinski definition) is 0. The number of rotatable bonds is 1. The Morgan fingerprint density at radius 2 is 1.92 bits per heavy atom. The third kappa shape index (κ3) is 1.49. The van der Waals surface area contributed by atoms with E-state index < -0.39 is 0 Å². The molecule has 1 atom stereocenters. The summed E-state index contributed by atoms with van der Waals surface area (Å²) >= 11 is 0. The van der Waals surface area contributed by atoms with E-state index in [0.717, 1.165) is 6.54 Å². The summed E-state index contributed by atoms with van der Waals surface area (Å²) in [5, 5.41) is 0. The van der Waals surface area contributed by atoms with Crippen molar-refractivity contribution in [2.24, 2.45) is 0 Å². The number of benzene rings is 1. The van der Waals surface area contributed by atoms with Crippen molar-refractivity contribution in [1.29, 1.82) is 0 Å². The Bertz CT molecular complexity index is 327. The molecule has 0 fully saturated rings. The van der Waals surface area contributed by atoms with Crippen LogP contribution in [-0.2, 0) is 0 Å². The smallest absolute Gasteiger partial charge is 0.214 e. The molecule has 0 saturated heterocycles. The van der Waals surface area contributed by atoms with E-state index in [1.165, 1.54) is 23.0 Å². The van der Waals surface area contributed by atoms with Gasteiger partial charge in [0, 0.05) is 0 Å². The van der Waals surface area contributed by atoms with Gasteiger partial charge >= 0.3 is 5.84 Å². The lowest BCUT2D eigenvalue weighted by Gasteiger charge is -2.06. The summed E-state index contributed by atoms with van der Waals surface area (Å²) in [6.45, 7) is 4.55. The molecule has 0 aliphatic carbocycles. The molecule has 0 aromatic heterocycles. The molecule has 0 radical (unpaired) electrons. The van der Waals surface area contributed by atoms with Crippen molar-refractivity contribution in [3.8, 4) is 0 Å². The highest BCUT2D eigenvalue weighted by atomic mass is 15.3. The molecule has 2 rings (SSSR count). The maximum Gasteiger partial charge on any atom is 0.338 e. The van der Waals surface area contributed by atoms with Crippen LogP contribution < -0.4 is 4.90 Å². The van der Waals surface area contributed by atoms with E-state index in [1.807, 2.05) is 0 Å².